The van der Waals surface area contributed by atoms with Gasteiger partial charge in [0.15, 0.2) is 14.3 Å². The van der Waals surface area contributed by atoms with E-state index in [1.807, 2.05) is 176 Å². The lowest BCUT2D eigenvalue weighted by atomic mass is 10.1. The standard InChI is InChI=1S/C54H42N2O2P2/c57-59(49-27-9-3-10-28-49,51-31-17-21-43(40-51)42-35-37-55-38-36-42)53-33-15-13-19-44(53)39-45-20-14-16-34-54(45)60(58,50-29-11-4-12-30-50)52-32-18-26-48(41-52)56(46-22-5-1-6-23-46)47-24-7-2-8-25-47/h1-38,40-41H,39H2. The number of benzene rings is 8. The van der Waals surface area contributed by atoms with Gasteiger partial charge in [-0.3, -0.25) is 4.98 Å². The Balaban J connectivity index is 1.19. The van der Waals surface area contributed by atoms with Crippen molar-refractivity contribution >= 4 is 63.2 Å². The minimum atomic E-state index is -3.51. The summed E-state index contributed by atoms with van der Waals surface area (Å²) in [6.45, 7) is 0. The van der Waals surface area contributed by atoms with Gasteiger partial charge in [0, 0.05) is 61.3 Å². The molecule has 9 rings (SSSR count). The maximum absolute atomic E-state index is 16.5. The molecule has 0 radical (unpaired) electrons. The first kappa shape index (κ1) is 38.7. The van der Waals surface area contributed by atoms with Crippen LogP contribution in [0.15, 0.2) is 243 Å². The van der Waals surface area contributed by atoms with Gasteiger partial charge in [-0.2, -0.15) is 0 Å². The molecule has 0 aliphatic heterocycles. The molecule has 2 atom stereocenters. The predicted octanol–water partition coefficient (Wildman–Crippen LogP) is 11.1. The Kier molecular flexibility index (Phi) is 11.1. The van der Waals surface area contributed by atoms with E-state index in [4.69, 9.17) is 0 Å². The highest BCUT2D eigenvalue weighted by atomic mass is 31.2. The van der Waals surface area contributed by atoms with Crippen molar-refractivity contribution in [3.8, 4) is 11.1 Å². The molecule has 9 aromatic rings. The first-order valence-electron chi connectivity index (χ1n) is 20.0. The Morgan fingerprint density at radius 3 is 1.27 bits per heavy atom. The minimum Gasteiger partial charge on any atom is -0.310 e. The topological polar surface area (TPSA) is 50.3 Å². The number of pyridine rings is 1. The summed E-state index contributed by atoms with van der Waals surface area (Å²) in [6.07, 6.45) is 3.97. The fourth-order valence-corrected chi connectivity index (χ4v) is 14.0. The van der Waals surface area contributed by atoms with Gasteiger partial charge >= 0.3 is 0 Å². The SMILES string of the molecule is O=P(c1ccccc1)(c1cccc(-c2ccncc2)c1)c1ccccc1Cc1ccccc1P(=O)(c1ccccc1)c1cccc(N(c2ccccc2)c2ccccc2)c1. The Hall–Kier alpha value is -6.83. The maximum atomic E-state index is 16.5. The monoisotopic (exact) mass is 812 g/mol. The average Bonchev–Trinajstić information content (AvgIpc) is 3.33. The summed E-state index contributed by atoms with van der Waals surface area (Å²) in [4.78, 5) is 6.41. The van der Waals surface area contributed by atoms with Crippen molar-refractivity contribution in [1.29, 1.82) is 0 Å². The molecule has 0 saturated carbocycles. The van der Waals surface area contributed by atoms with Crippen LogP contribution < -0.4 is 36.7 Å². The van der Waals surface area contributed by atoms with Crippen molar-refractivity contribution in [3.05, 3.63) is 254 Å². The lowest BCUT2D eigenvalue weighted by molar-refractivity contribution is 0.591. The molecule has 1 aromatic heterocycles. The van der Waals surface area contributed by atoms with Gasteiger partial charge in [-0.05, 0) is 83.3 Å². The van der Waals surface area contributed by atoms with Crippen molar-refractivity contribution in [2.75, 3.05) is 4.90 Å². The van der Waals surface area contributed by atoms with Gasteiger partial charge in [0.05, 0.1) is 0 Å². The quantitative estimate of drug-likeness (QED) is 0.115. The second-order valence-corrected chi connectivity index (χ2v) is 20.1. The number of anilines is 3. The fourth-order valence-electron chi connectivity index (χ4n) is 8.13. The van der Waals surface area contributed by atoms with Crippen molar-refractivity contribution in [2.24, 2.45) is 0 Å². The largest absolute Gasteiger partial charge is 0.310 e. The Bertz CT molecular complexity index is 2920. The third kappa shape index (κ3) is 7.49. The highest BCUT2D eigenvalue weighted by Crippen LogP contribution is 2.47. The highest BCUT2D eigenvalue weighted by Gasteiger charge is 2.35. The van der Waals surface area contributed by atoms with Crippen LogP contribution in [-0.4, -0.2) is 4.98 Å². The highest BCUT2D eigenvalue weighted by molar-refractivity contribution is 7.86. The van der Waals surface area contributed by atoms with Crippen LogP contribution in [0, 0.1) is 0 Å². The van der Waals surface area contributed by atoms with Crippen LogP contribution in [0.4, 0.5) is 17.1 Å². The Labute approximate surface area is 352 Å². The third-order valence-electron chi connectivity index (χ3n) is 11.0. The summed E-state index contributed by atoms with van der Waals surface area (Å²) in [5.74, 6) is 0. The average molecular weight is 813 g/mol. The van der Waals surface area contributed by atoms with Crippen LogP contribution >= 0.6 is 14.3 Å². The molecule has 1 heterocycles. The second kappa shape index (κ2) is 17.2. The fraction of sp³-hybridized carbons (Fsp3) is 0.0185. The van der Waals surface area contributed by atoms with E-state index in [0.29, 0.717) is 6.42 Å². The number of rotatable bonds is 12. The summed E-state index contributed by atoms with van der Waals surface area (Å²) in [5.41, 5.74) is 6.71. The molecule has 6 heteroatoms. The zero-order valence-electron chi connectivity index (χ0n) is 32.9. The molecule has 4 nitrogen and oxygen atoms in total. The molecule has 8 aromatic carbocycles. The first-order valence-corrected chi connectivity index (χ1v) is 23.4. The van der Waals surface area contributed by atoms with Crippen LogP contribution in [0.25, 0.3) is 11.1 Å². The van der Waals surface area contributed by atoms with E-state index in [2.05, 4.69) is 64.5 Å². The van der Waals surface area contributed by atoms with E-state index in [9.17, 15) is 0 Å². The van der Waals surface area contributed by atoms with E-state index < -0.39 is 14.3 Å². The lowest BCUT2D eigenvalue weighted by Gasteiger charge is -2.28. The molecular weight excluding hydrogens is 771 g/mol. The number of hydrogen-bond donors (Lipinski definition) is 0. The van der Waals surface area contributed by atoms with Crippen molar-refractivity contribution < 1.29 is 9.13 Å². The zero-order valence-corrected chi connectivity index (χ0v) is 34.7. The molecule has 290 valence electrons. The van der Waals surface area contributed by atoms with Crippen molar-refractivity contribution in [1.82, 2.24) is 4.98 Å². The van der Waals surface area contributed by atoms with Crippen LogP contribution in [0.2, 0.25) is 0 Å². The van der Waals surface area contributed by atoms with E-state index in [1.54, 1.807) is 12.4 Å². The molecule has 2 unspecified atom stereocenters. The Morgan fingerprint density at radius 1 is 0.350 bits per heavy atom. The van der Waals surface area contributed by atoms with Crippen LogP contribution in [-0.2, 0) is 15.6 Å². The van der Waals surface area contributed by atoms with Crippen LogP contribution in [0.1, 0.15) is 11.1 Å². The molecule has 0 aliphatic carbocycles. The van der Waals surface area contributed by atoms with Crippen molar-refractivity contribution in [2.45, 2.75) is 6.42 Å². The molecule has 0 fully saturated rings. The van der Waals surface area contributed by atoms with Gasteiger partial charge in [-0.15, -0.1) is 0 Å². The molecule has 0 spiro atoms. The van der Waals surface area contributed by atoms with Crippen molar-refractivity contribution in [3.63, 3.8) is 0 Å². The molecule has 0 saturated heterocycles. The maximum Gasteiger partial charge on any atom is 0.171 e. The van der Waals surface area contributed by atoms with Gasteiger partial charge in [0.2, 0.25) is 0 Å². The van der Waals surface area contributed by atoms with E-state index in [-0.39, 0.29) is 0 Å². The Morgan fingerprint density at radius 2 is 0.750 bits per heavy atom. The second-order valence-electron chi connectivity index (χ2n) is 14.6. The molecular formula is C54H42N2O2P2. The number of nitrogens with zero attached hydrogens (tertiary/aromatic N) is 2. The number of hydrogen-bond acceptors (Lipinski definition) is 4. The first-order chi connectivity index (χ1) is 29.5. The molecule has 60 heavy (non-hydrogen) atoms. The van der Waals surface area contributed by atoms with E-state index >= 15 is 9.13 Å². The van der Waals surface area contributed by atoms with E-state index in [1.165, 1.54) is 0 Å². The van der Waals surface area contributed by atoms with Gasteiger partial charge < -0.3 is 14.0 Å². The lowest BCUT2D eigenvalue weighted by Crippen LogP contribution is -2.30. The van der Waals surface area contributed by atoms with Gasteiger partial charge in [0.25, 0.3) is 0 Å². The molecule has 0 bridgehead atoms. The smallest absolute Gasteiger partial charge is 0.171 e. The van der Waals surface area contributed by atoms with Crippen LogP contribution in [0.5, 0.6) is 0 Å². The third-order valence-corrected chi connectivity index (χ3v) is 17.3. The molecule has 0 N–H and O–H groups in total. The minimum absolute atomic E-state index is 0.421. The van der Waals surface area contributed by atoms with Gasteiger partial charge in [-0.25, -0.2) is 0 Å². The summed E-state index contributed by atoms with van der Waals surface area (Å²) in [6, 6.07) is 76.4. The van der Waals surface area contributed by atoms with E-state index in [0.717, 1.165) is 71.1 Å². The van der Waals surface area contributed by atoms with Gasteiger partial charge in [-0.1, -0.05) is 176 Å². The number of aromatic nitrogens is 1. The van der Waals surface area contributed by atoms with Gasteiger partial charge in [0.1, 0.15) is 0 Å². The molecule has 0 amide bonds. The normalized spacial score (nSPS) is 13.1. The predicted molar refractivity (Wildman–Crippen MR) is 252 cm³/mol. The summed E-state index contributed by atoms with van der Waals surface area (Å²) < 4.78 is 32.7. The summed E-state index contributed by atoms with van der Waals surface area (Å²) in [5, 5.41) is 4.49. The molecule has 0 aliphatic rings. The number of para-hydroxylation sites is 2. The zero-order chi connectivity index (χ0) is 40.8. The summed E-state index contributed by atoms with van der Waals surface area (Å²) >= 11 is 0. The van der Waals surface area contributed by atoms with Crippen LogP contribution in [0.3, 0.4) is 0 Å². The summed E-state index contributed by atoms with van der Waals surface area (Å²) in [7, 11) is -6.95.